The summed E-state index contributed by atoms with van der Waals surface area (Å²) in [5.41, 5.74) is 1.37. The van der Waals surface area contributed by atoms with Crippen LogP contribution in [-0.2, 0) is 24.7 Å². The summed E-state index contributed by atoms with van der Waals surface area (Å²) in [5.74, 6) is 0.0841. The summed E-state index contributed by atoms with van der Waals surface area (Å²) in [6, 6.07) is 17.1. The van der Waals surface area contributed by atoms with E-state index in [0.717, 1.165) is 16.9 Å². The molecule has 0 saturated carbocycles. The average Bonchev–Trinajstić information content (AvgIpc) is 2.89. The second-order valence-corrected chi connectivity index (χ2v) is 7.87. The fourth-order valence-corrected chi connectivity index (χ4v) is 4.25. The number of carbonyl (C=O) groups excluding carboxylic acids is 2. The molecule has 0 aliphatic carbocycles. The molecule has 1 amide bonds. The average molecular weight is 421 g/mol. The van der Waals surface area contributed by atoms with Gasteiger partial charge in [0.25, 0.3) is 5.91 Å². The van der Waals surface area contributed by atoms with Crippen LogP contribution in [0.5, 0.6) is 5.75 Å². The highest BCUT2D eigenvalue weighted by Gasteiger charge is 2.54. The summed E-state index contributed by atoms with van der Waals surface area (Å²) >= 11 is 0. The van der Waals surface area contributed by atoms with E-state index in [1.807, 2.05) is 61.5 Å². The minimum atomic E-state index is -1.18. The van der Waals surface area contributed by atoms with Crippen LogP contribution < -0.4 is 9.64 Å². The number of rotatable bonds is 6. The Hall–Kier alpha value is -3.12. The molecule has 6 nitrogen and oxygen atoms in total. The first-order valence-electron chi connectivity index (χ1n) is 10.6. The van der Waals surface area contributed by atoms with Crippen molar-refractivity contribution in [1.82, 2.24) is 0 Å². The number of hydrogen-bond acceptors (Lipinski definition) is 5. The lowest BCUT2D eigenvalue weighted by atomic mass is 9.88. The van der Waals surface area contributed by atoms with Crippen molar-refractivity contribution < 1.29 is 23.8 Å². The van der Waals surface area contributed by atoms with Crippen molar-refractivity contribution in [3.05, 3.63) is 71.8 Å². The predicted octanol–water partition coefficient (Wildman–Crippen LogP) is 4.00. The van der Waals surface area contributed by atoms with Crippen LogP contribution >= 0.6 is 0 Å². The smallest absolute Gasteiger partial charge is 0.326 e. The van der Waals surface area contributed by atoms with E-state index < -0.39 is 11.6 Å². The third-order valence-electron chi connectivity index (χ3n) is 5.62. The maximum absolute atomic E-state index is 13.7. The summed E-state index contributed by atoms with van der Waals surface area (Å²) in [5, 5.41) is 0. The van der Waals surface area contributed by atoms with E-state index in [4.69, 9.17) is 14.2 Å². The second-order valence-electron chi connectivity index (χ2n) is 7.87. The standard InChI is InChI=1S/C25H27NO5/c1-3-29-23(27)16-26-22-12-8-7-11-21(22)25(24(26)28)15-18(2)13-14-20(31-25)17-30-19-9-5-4-6-10-19/h4-13,20H,3,14-17H2,1-2H3/t20-,25+/m0/s1. The van der Waals surface area contributed by atoms with Gasteiger partial charge in [-0.05, 0) is 38.5 Å². The number of anilines is 1. The number of esters is 1. The number of nitrogens with zero attached hydrogens (tertiary/aromatic N) is 1. The van der Waals surface area contributed by atoms with E-state index in [0.29, 0.717) is 25.1 Å². The Labute approximate surface area is 182 Å². The molecule has 0 unspecified atom stereocenters. The molecule has 0 bridgehead atoms. The van der Waals surface area contributed by atoms with Crippen LogP contribution in [0.25, 0.3) is 0 Å². The van der Waals surface area contributed by atoms with Crippen molar-refractivity contribution in [1.29, 1.82) is 0 Å². The van der Waals surface area contributed by atoms with E-state index in [1.165, 1.54) is 4.90 Å². The summed E-state index contributed by atoms with van der Waals surface area (Å²) in [6.07, 6.45) is 2.88. The highest BCUT2D eigenvalue weighted by atomic mass is 16.6. The SMILES string of the molecule is CCOC(=O)CN1C(=O)[C@@]2(CC(C)=CC[C@@H](COc3ccccc3)O2)c2ccccc21. The van der Waals surface area contributed by atoms with Crippen LogP contribution in [0.3, 0.4) is 0 Å². The van der Waals surface area contributed by atoms with Gasteiger partial charge in [0.05, 0.1) is 18.4 Å². The number of benzene rings is 2. The Balaban J connectivity index is 1.64. The lowest BCUT2D eigenvalue weighted by Gasteiger charge is -2.31. The number of fused-ring (bicyclic) bond motifs is 2. The molecule has 31 heavy (non-hydrogen) atoms. The largest absolute Gasteiger partial charge is 0.491 e. The summed E-state index contributed by atoms with van der Waals surface area (Å²) in [7, 11) is 0. The summed E-state index contributed by atoms with van der Waals surface area (Å²) < 4.78 is 17.6. The van der Waals surface area contributed by atoms with Crippen molar-refractivity contribution in [3.63, 3.8) is 0 Å². The highest BCUT2D eigenvalue weighted by Crippen LogP contribution is 2.48. The molecule has 2 atom stereocenters. The van der Waals surface area contributed by atoms with Gasteiger partial charge in [0, 0.05) is 12.0 Å². The molecule has 0 saturated heterocycles. The van der Waals surface area contributed by atoms with Gasteiger partial charge in [-0.15, -0.1) is 0 Å². The van der Waals surface area contributed by atoms with Crippen LogP contribution in [0, 0.1) is 0 Å². The van der Waals surface area contributed by atoms with E-state index >= 15 is 0 Å². The zero-order chi connectivity index (χ0) is 21.8. The van der Waals surface area contributed by atoms with Crippen LogP contribution in [0.15, 0.2) is 66.2 Å². The van der Waals surface area contributed by atoms with Gasteiger partial charge in [0.2, 0.25) is 0 Å². The van der Waals surface area contributed by atoms with Gasteiger partial charge in [-0.3, -0.25) is 14.5 Å². The maximum atomic E-state index is 13.7. The first kappa shape index (κ1) is 21.1. The van der Waals surface area contributed by atoms with Gasteiger partial charge in [0.1, 0.15) is 18.9 Å². The zero-order valence-corrected chi connectivity index (χ0v) is 17.9. The van der Waals surface area contributed by atoms with Gasteiger partial charge < -0.3 is 14.2 Å². The molecular weight excluding hydrogens is 394 g/mol. The van der Waals surface area contributed by atoms with Crippen molar-refractivity contribution in [3.8, 4) is 5.75 Å². The first-order chi connectivity index (χ1) is 15.0. The minimum absolute atomic E-state index is 0.136. The van der Waals surface area contributed by atoms with E-state index in [9.17, 15) is 9.59 Å². The monoisotopic (exact) mass is 421 g/mol. The molecule has 2 aromatic carbocycles. The Morgan fingerprint density at radius 2 is 1.90 bits per heavy atom. The Bertz CT molecular complexity index is 986. The fraction of sp³-hybridized carbons (Fsp3) is 0.360. The Morgan fingerprint density at radius 1 is 1.16 bits per heavy atom. The van der Waals surface area contributed by atoms with Gasteiger partial charge in [0.15, 0.2) is 5.60 Å². The molecule has 1 spiro atoms. The second kappa shape index (κ2) is 8.94. The molecule has 2 heterocycles. The van der Waals surface area contributed by atoms with Crippen molar-refractivity contribution >= 4 is 17.6 Å². The Morgan fingerprint density at radius 3 is 2.68 bits per heavy atom. The number of ether oxygens (including phenoxy) is 3. The van der Waals surface area contributed by atoms with Gasteiger partial charge in [-0.2, -0.15) is 0 Å². The molecule has 162 valence electrons. The van der Waals surface area contributed by atoms with Gasteiger partial charge in [-0.1, -0.05) is 48.0 Å². The van der Waals surface area contributed by atoms with Crippen LogP contribution in [0.2, 0.25) is 0 Å². The van der Waals surface area contributed by atoms with Crippen molar-refractivity contribution in [2.24, 2.45) is 0 Å². The molecule has 0 fully saturated rings. The number of para-hydroxylation sites is 2. The van der Waals surface area contributed by atoms with Crippen molar-refractivity contribution in [2.75, 3.05) is 24.7 Å². The molecule has 4 rings (SSSR count). The van der Waals surface area contributed by atoms with E-state index in [-0.39, 0.29) is 25.2 Å². The molecule has 0 N–H and O–H groups in total. The highest BCUT2D eigenvalue weighted by molar-refractivity contribution is 6.09. The van der Waals surface area contributed by atoms with Gasteiger partial charge >= 0.3 is 5.97 Å². The zero-order valence-electron chi connectivity index (χ0n) is 17.9. The molecule has 0 aromatic heterocycles. The summed E-state index contributed by atoms with van der Waals surface area (Å²) in [6.45, 7) is 4.21. The Kier molecular flexibility index (Phi) is 6.09. The molecule has 6 heteroatoms. The lowest BCUT2D eigenvalue weighted by molar-refractivity contribution is -0.155. The quantitative estimate of drug-likeness (QED) is 0.521. The fourth-order valence-electron chi connectivity index (χ4n) is 4.25. The molecule has 2 aromatic rings. The van der Waals surface area contributed by atoms with Crippen LogP contribution in [-0.4, -0.2) is 37.7 Å². The molecular formula is C25H27NO5. The normalized spacial score (nSPS) is 22.6. The van der Waals surface area contributed by atoms with Crippen LogP contribution in [0.4, 0.5) is 5.69 Å². The molecule has 0 radical (unpaired) electrons. The molecule has 2 aliphatic rings. The topological polar surface area (TPSA) is 65.1 Å². The first-order valence-corrected chi connectivity index (χ1v) is 10.6. The van der Waals surface area contributed by atoms with Crippen molar-refractivity contribution in [2.45, 2.75) is 38.4 Å². The predicted molar refractivity (Wildman–Crippen MR) is 117 cm³/mol. The number of carbonyl (C=O) groups is 2. The van der Waals surface area contributed by atoms with Crippen LogP contribution in [0.1, 0.15) is 32.3 Å². The number of amides is 1. The number of hydrogen-bond donors (Lipinski definition) is 0. The third-order valence-corrected chi connectivity index (χ3v) is 5.62. The summed E-state index contributed by atoms with van der Waals surface area (Å²) in [4.78, 5) is 27.4. The maximum Gasteiger partial charge on any atom is 0.326 e. The minimum Gasteiger partial charge on any atom is -0.491 e. The third kappa shape index (κ3) is 4.21. The van der Waals surface area contributed by atoms with E-state index in [2.05, 4.69) is 6.08 Å². The van der Waals surface area contributed by atoms with E-state index in [1.54, 1.807) is 6.92 Å². The van der Waals surface area contributed by atoms with Gasteiger partial charge in [-0.25, -0.2) is 0 Å². The lowest BCUT2D eigenvalue weighted by Crippen LogP contribution is -2.46. The molecule has 2 aliphatic heterocycles.